The maximum atomic E-state index is 13.2. The lowest BCUT2D eigenvalue weighted by atomic mass is 9.95. The Kier molecular flexibility index (Phi) is 6.13. The zero-order valence-electron chi connectivity index (χ0n) is 16.1. The van der Waals surface area contributed by atoms with Crippen molar-refractivity contribution in [1.82, 2.24) is 20.0 Å². The Morgan fingerprint density at radius 2 is 1.89 bits per heavy atom. The van der Waals surface area contributed by atoms with Crippen molar-refractivity contribution >= 4 is 5.91 Å². The van der Waals surface area contributed by atoms with Crippen molar-refractivity contribution in [3.8, 4) is 0 Å². The van der Waals surface area contributed by atoms with Crippen LogP contribution < -0.4 is 5.32 Å². The van der Waals surface area contributed by atoms with Gasteiger partial charge in [0.25, 0.3) is 0 Å². The number of aromatic nitrogens is 2. The van der Waals surface area contributed by atoms with Gasteiger partial charge in [-0.05, 0) is 71.4 Å². The largest absolute Gasteiger partial charge is 0.435 e. The van der Waals surface area contributed by atoms with E-state index >= 15 is 0 Å². The second kappa shape index (κ2) is 8.20. The minimum Gasteiger partial charge on any atom is -0.354 e. The summed E-state index contributed by atoms with van der Waals surface area (Å²) in [5.41, 5.74) is 0.0441. The molecule has 1 saturated heterocycles. The molecule has 3 rings (SSSR count). The third-order valence-corrected chi connectivity index (χ3v) is 5.79. The zero-order chi connectivity index (χ0) is 19.6. The Hall–Kier alpha value is -1.57. The van der Waals surface area contributed by atoms with Crippen molar-refractivity contribution in [2.24, 2.45) is 5.92 Å². The molecule has 1 N–H and O–H groups in total. The van der Waals surface area contributed by atoms with E-state index < -0.39 is 11.9 Å². The van der Waals surface area contributed by atoms with E-state index in [0.717, 1.165) is 38.8 Å². The highest BCUT2D eigenvalue weighted by atomic mass is 19.4. The maximum Gasteiger partial charge on any atom is 0.435 e. The van der Waals surface area contributed by atoms with Gasteiger partial charge in [0.1, 0.15) is 6.54 Å². The monoisotopic (exact) mass is 386 g/mol. The summed E-state index contributed by atoms with van der Waals surface area (Å²) in [5.74, 6) is 0.173. The van der Waals surface area contributed by atoms with Crippen LogP contribution in [-0.4, -0.2) is 46.3 Å². The lowest BCUT2D eigenvalue weighted by molar-refractivity contribution is -0.142. The molecule has 0 saturated carbocycles. The number of alkyl halides is 3. The number of nitrogens with zero attached hydrogens (tertiary/aromatic N) is 3. The standard InChI is InChI=1S/C19H29F3N4O/c1-13(2)25-9-7-14(8-10-25)11-23-17(27)12-26-16-6-4-3-5-15(16)18(24-26)19(20,21)22/h13-14H,3-12H2,1-2H3,(H,23,27). The average molecular weight is 386 g/mol. The summed E-state index contributed by atoms with van der Waals surface area (Å²) in [6, 6.07) is 0.536. The molecule has 1 fully saturated rings. The molecule has 0 spiro atoms. The molecule has 152 valence electrons. The summed E-state index contributed by atoms with van der Waals surface area (Å²) in [5, 5.41) is 6.65. The predicted octanol–water partition coefficient (Wildman–Crippen LogP) is 3.02. The molecule has 8 heteroatoms. The van der Waals surface area contributed by atoms with Gasteiger partial charge in [0, 0.05) is 23.8 Å². The molecule has 2 aliphatic rings. The van der Waals surface area contributed by atoms with Crippen molar-refractivity contribution in [2.45, 2.75) is 71.1 Å². The summed E-state index contributed by atoms with van der Waals surface area (Å²) < 4.78 is 40.9. The molecule has 1 aromatic rings. The normalized spacial score (nSPS) is 19.3. The second-order valence-corrected chi connectivity index (χ2v) is 8.01. The van der Waals surface area contributed by atoms with Gasteiger partial charge >= 0.3 is 6.18 Å². The molecule has 1 aliphatic heterocycles. The molecular weight excluding hydrogens is 357 g/mol. The average Bonchev–Trinajstić information content (AvgIpc) is 2.99. The molecule has 1 amide bonds. The Balaban J connectivity index is 1.56. The molecule has 0 unspecified atom stereocenters. The van der Waals surface area contributed by atoms with E-state index in [1.165, 1.54) is 4.68 Å². The van der Waals surface area contributed by atoms with Gasteiger partial charge in [0.05, 0.1) is 0 Å². The van der Waals surface area contributed by atoms with E-state index in [9.17, 15) is 18.0 Å². The van der Waals surface area contributed by atoms with Gasteiger partial charge in [0.15, 0.2) is 5.69 Å². The number of piperidine rings is 1. The first-order chi connectivity index (χ1) is 12.8. The number of fused-ring (bicyclic) bond motifs is 1. The van der Waals surface area contributed by atoms with Crippen LogP contribution in [-0.2, 0) is 30.4 Å². The van der Waals surface area contributed by atoms with Gasteiger partial charge in [-0.15, -0.1) is 0 Å². The summed E-state index contributed by atoms with van der Waals surface area (Å²) >= 11 is 0. The van der Waals surface area contributed by atoms with E-state index in [1.54, 1.807) is 0 Å². The molecule has 0 aromatic carbocycles. The van der Waals surface area contributed by atoms with Gasteiger partial charge in [-0.2, -0.15) is 18.3 Å². The quantitative estimate of drug-likeness (QED) is 0.846. The lowest BCUT2D eigenvalue weighted by Crippen LogP contribution is -2.42. The smallest absolute Gasteiger partial charge is 0.354 e. The first-order valence-corrected chi connectivity index (χ1v) is 9.92. The van der Waals surface area contributed by atoms with Crippen LogP contribution in [0.5, 0.6) is 0 Å². The number of halogens is 3. The molecule has 1 aromatic heterocycles. The summed E-state index contributed by atoms with van der Waals surface area (Å²) in [4.78, 5) is 14.7. The summed E-state index contributed by atoms with van der Waals surface area (Å²) in [6.45, 7) is 6.87. The second-order valence-electron chi connectivity index (χ2n) is 8.01. The number of rotatable bonds is 5. The first kappa shape index (κ1) is 20.2. The predicted molar refractivity (Wildman–Crippen MR) is 96.3 cm³/mol. The topological polar surface area (TPSA) is 50.2 Å². The van der Waals surface area contributed by atoms with E-state index in [2.05, 4.69) is 29.2 Å². The van der Waals surface area contributed by atoms with E-state index in [-0.39, 0.29) is 18.0 Å². The highest BCUT2D eigenvalue weighted by Crippen LogP contribution is 2.35. The van der Waals surface area contributed by atoms with Crippen molar-refractivity contribution in [3.63, 3.8) is 0 Å². The Morgan fingerprint density at radius 1 is 1.22 bits per heavy atom. The molecule has 0 atom stereocenters. The molecule has 5 nitrogen and oxygen atoms in total. The van der Waals surface area contributed by atoms with Gasteiger partial charge in [-0.1, -0.05) is 0 Å². The molecule has 27 heavy (non-hydrogen) atoms. The Morgan fingerprint density at radius 3 is 2.52 bits per heavy atom. The number of carbonyl (C=O) groups excluding carboxylic acids is 1. The van der Waals surface area contributed by atoms with Crippen LogP contribution in [0.1, 0.15) is 56.5 Å². The van der Waals surface area contributed by atoms with Crippen molar-refractivity contribution in [3.05, 3.63) is 17.0 Å². The van der Waals surface area contributed by atoms with E-state index in [1.807, 2.05) is 0 Å². The van der Waals surface area contributed by atoms with Crippen LogP contribution in [0.15, 0.2) is 0 Å². The molecule has 0 radical (unpaired) electrons. The molecule has 2 heterocycles. The number of nitrogens with one attached hydrogen (secondary N) is 1. The SMILES string of the molecule is CC(C)N1CCC(CNC(=O)Cn2nc(C(F)(F)F)c3c2CCCC3)CC1. The Labute approximate surface area is 158 Å². The Bertz CT molecular complexity index is 661. The summed E-state index contributed by atoms with van der Waals surface area (Å²) in [6.07, 6.45) is 0.129. The zero-order valence-corrected chi connectivity index (χ0v) is 16.1. The molecule has 0 bridgehead atoms. The fraction of sp³-hybridized carbons (Fsp3) is 0.789. The van der Waals surface area contributed by atoms with Crippen molar-refractivity contribution < 1.29 is 18.0 Å². The van der Waals surface area contributed by atoms with Crippen molar-refractivity contribution in [2.75, 3.05) is 19.6 Å². The number of carbonyl (C=O) groups is 1. The van der Waals surface area contributed by atoms with Gasteiger partial charge in [-0.25, -0.2) is 0 Å². The third-order valence-electron chi connectivity index (χ3n) is 5.79. The van der Waals surface area contributed by atoms with E-state index in [4.69, 9.17) is 0 Å². The number of hydrogen-bond donors (Lipinski definition) is 1. The lowest BCUT2D eigenvalue weighted by Gasteiger charge is -2.34. The minimum atomic E-state index is -4.46. The van der Waals surface area contributed by atoms with Gasteiger partial charge in [-0.3, -0.25) is 9.48 Å². The highest BCUT2D eigenvalue weighted by molar-refractivity contribution is 5.75. The fourth-order valence-corrected chi connectivity index (χ4v) is 4.15. The van der Waals surface area contributed by atoms with Crippen LogP contribution in [0.3, 0.4) is 0 Å². The molecule has 1 aliphatic carbocycles. The number of hydrogen-bond acceptors (Lipinski definition) is 3. The van der Waals surface area contributed by atoms with Crippen LogP contribution in [0.25, 0.3) is 0 Å². The van der Waals surface area contributed by atoms with Crippen LogP contribution >= 0.6 is 0 Å². The van der Waals surface area contributed by atoms with Gasteiger partial charge in [0.2, 0.25) is 5.91 Å². The minimum absolute atomic E-state index is 0.136. The van der Waals surface area contributed by atoms with E-state index in [0.29, 0.717) is 37.0 Å². The fourth-order valence-electron chi connectivity index (χ4n) is 4.15. The first-order valence-electron chi connectivity index (χ1n) is 9.92. The van der Waals surface area contributed by atoms with Crippen LogP contribution in [0, 0.1) is 5.92 Å². The third kappa shape index (κ3) is 4.83. The van der Waals surface area contributed by atoms with Crippen LogP contribution in [0.4, 0.5) is 13.2 Å². The number of likely N-dealkylation sites (tertiary alicyclic amines) is 1. The van der Waals surface area contributed by atoms with Crippen LogP contribution in [0.2, 0.25) is 0 Å². The highest BCUT2D eigenvalue weighted by Gasteiger charge is 2.39. The van der Waals surface area contributed by atoms with Gasteiger partial charge < -0.3 is 10.2 Å². The van der Waals surface area contributed by atoms with Crippen molar-refractivity contribution in [1.29, 1.82) is 0 Å². The number of amides is 1. The molecular formula is C19H29F3N4O. The maximum absolute atomic E-state index is 13.2. The summed E-state index contributed by atoms with van der Waals surface area (Å²) in [7, 11) is 0.